The van der Waals surface area contributed by atoms with Crippen LogP contribution in [-0.2, 0) is 4.74 Å². The Morgan fingerprint density at radius 1 is 1.32 bits per heavy atom. The van der Waals surface area contributed by atoms with Gasteiger partial charge in [-0.25, -0.2) is 0 Å². The van der Waals surface area contributed by atoms with Gasteiger partial charge in [-0.2, -0.15) is 0 Å². The van der Waals surface area contributed by atoms with E-state index < -0.39 is 6.10 Å². The highest BCUT2D eigenvalue weighted by Crippen LogP contribution is 2.22. The van der Waals surface area contributed by atoms with Crippen LogP contribution in [0.25, 0.3) is 0 Å². The van der Waals surface area contributed by atoms with Crippen molar-refractivity contribution in [1.82, 2.24) is 4.90 Å². The summed E-state index contributed by atoms with van der Waals surface area (Å²) in [5, 5.41) is 10.2. The van der Waals surface area contributed by atoms with Crippen LogP contribution in [0.1, 0.15) is 24.5 Å². The predicted molar refractivity (Wildman–Crippen MR) is 88.5 cm³/mol. The lowest BCUT2D eigenvalue weighted by Gasteiger charge is -2.21. The van der Waals surface area contributed by atoms with Gasteiger partial charge in [0.05, 0.1) is 6.61 Å². The summed E-state index contributed by atoms with van der Waals surface area (Å²) in [6, 6.07) is 6.09. The van der Waals surface area contributed by atoms with Gasteiger partial charge in [0.1, 0.15) is 18.5 Å². The third kappa shape index (κ3) is 4.97. The second-order valence-electron chi connectivity index (χ2n) is 6.26. The minimum atomic E-state index is -0.454. The van der Waals surface area contributed by atoms with Gasteiger partial charge in [0, 0.05) is 19.7 Å². The summed E-state index contributed by atoms with van der Waals surface area (Å²) in [5.74, 6) is 1.50. The van der Waals surface area contributed by atoms with Gasteiger partial charge in [-0.1, -0.05) is 18.2 Å². The van der Waals surface area contributed by atoms with Crippen LogP contribution in [0.4, 0.5) is 0 Å². The van der Waals surface area contributed by atoms with E-state index in [9.17, 15) is 5.11 Å². The van der Waals surface area contributed by atoms with Gasteiger partial charge in [0.15, 0.2) is 0 Å². The molecule has 0 saturated carbocycles. The summed E-state index contributed by atoms with van der Waals surface area (Å²) in [4.78, 5) is 2.31. The molecule has 22 heavy (non-hydrogen) atoms. The highest BCUT2D eigenvalue weighted by atomic mass is 16.5. The summed E-state index contributed by atoms with van der Waals surface area (Å²) in [6.07, 6.45) is 0.703. The van der Waals surface area contributed by atoms with Crippen molar-refractivity contribution in [3.8, 4) is 5.75 Å². The summed E-state index contributed by atoms with van der Waals surface area (Å²) in [6.45, 7) is 10.8. The van der Waals surface area contributed by atoms with Gasteiger partial charge >= 0.3 is 0 Å². The Balaban J connectivity index is 1.73. The van der Waals surface area contributed by atoms with Crippen molar-refractivity contribution in [3.63, 3.8) is 0 Å². The molecule has 1 heterocycles. The predicted octanol–water partition coefficient (Wildman–Crippen LogP) is 2.40. The lowest BCUT2D eigenvalue weighted by Crippen LogP contribution is -2.34. The summed E-state index contributed by atoms with van der Waals surface area (Å²) in [5.41, 5.74) is 2.23. The molecule has 1 aliphatic rings. The molecule has 0 aromatic heterocycles. The molecule has 0 aliphatic carbocycles. The first-order valence-corrected chi connectivity index (χ1v) is 8.27. The molecule has 0 amide bonds. The molecule has 0 radical (unpaired) electrons. The Labute approximate surface area is 134 Å². The molecule has 2 atom stereocenters. The minimum Gasteiger partial charge on any atom is -0.490 e. The van der Waals surface area contributed by atoms with Crippen molar-refractivity contribution >= 4 is 0 Å². The van der Waals surface area contributed by atoms with Gasteiger partial charge in [0.25, 0.3) is 0 Å². The van der Waals surface area contributed by atoms with Gasteiger partial charge in [0.2, 0.25) is 0 Å². The number of aliphatic hydroxyl groups is 1. The first-order valence-electron chi connectivity index (χ1n) is 8.27. The lowest BCUT2D eigenvalue weighted by molar-refractivity contribution is 0.0697. The molecule has 1 saturated heterocycles. The highest BCUT2D eigenvalue weighted by Gasteiger charge is 2.24. The fourth-order valence-electron chi connectivity index (χ4n) is 3.06. The van der Waals surface area contributed by atoms with Crippen LogP contribution >= 0.6 is 0 Å². The SMILES string of the molecule is CCOCC1CCN(CC(O)COc2c(C)cccc2C)C1. The van der Waals surface area contributed by atoms with Crippen LogP contribution in [0.5, 0.6) is 5.75 Å². The van der Waals surface area contributed by atoms with E-state index in [-0.39, 0.29) is 0 Å². The molecular weight excluding hydrogens is 278 g/mol. The zero-order chi connectivity index (χ0) is 15.9. The minimum absolute atomic E-state index is 0.346. The molecule has 124 valence electrons. The monoisotopic (exact) mass is 307 g/mol. The van der Waals surface area contributed by atoms with Crippen LogP contribution in [0.15, 0.2) is 18.2 Å². The number of likely N-dealkylation sites (tertiary alicyclic amines) is 1. The Hall–Kier alpha value is -1.10. The van der Waals surface area contributed by atoms with Crippen molar-refractivity contribution < 1.29 is 14.6 Å². The molecule has 1 aromatic carbocycles. The standard InChI is InChI=1S/C18H29NO3/c1-4-21-12-16-8-9-19(10-16)11-17(20)13-22-18-14(2)6-5-7-15(18)3/h5-7,16-17,20H,4,8-13H2,1-3H3. The largest absolute Gasteiger partial charge is 0.490 e. The van der Waals surface area contributed by atoms with Gasteiger partial charge < -0.3 is 19.5 Å². The summed E-state index contributed by atoms with van der Waals surface area (Å²) < 4.78 is 11.3. The van der Waals surface area contributed by atoms with E-state index in [2.05, 4.69) is 4.90 Å². The van der Waals surface area contributed by atoms with E-state index >= 15 is 0 Å². The number of aryl methyl sites for hydroxylation is 2. The summed E-state index contributed by atoms with van der Waals surface area (Å²) >= 11 is 0. The van der Waals surface area contributed by atoms with Gasteiger partial charge in [-0.15, -0.1) is 0 Å². The van der Waals surface area contributed by atoms with Crippen molar-refractivity contribution in [2.75, 3.05) is 39.5 Å². The molecule has 1 N–H and O–H groups in total. The maximum Gasteiger partial charge on any atom is 0.125 e. The number of benzene rings is 1. The molecule has 2 unspecified atom stereocenters. The Kier molecular flexibility index (Phi) is 6.68. The number of para-hydroxylation sites is 1. The van der Waals surface area contributed by atoms with Crippen LogP contribution in [-0.4, -0.2) is 55.6 Å². The molecule has 0 bridgehead atoms. The normalized spacial score (nSPS) is 20.3. The smallest absolute Gasteiger partial charge is 0.125 e. The van der Waals surface area contributed by atoms with E-state index in [0.717, 1.165) is 49.6 Å². The van der Waals surface area contributed by atoms with Crippen molar-refractivity contribution in [1.29, 1.82) is 0 Å². The second kappa shape index (κ2) is 8.51. The second-order valence-corrected chi connectivity index (χ2v) is 6.26. The molecule has 4 heteroatoms. The molecule has 0 spiro atoms. The number of nitrogens with zero attached hydrogens (tertiary/aromatic N) is 1. The molecule has 1 aromatic rings. The zero-order valence-corrected chi connectivity index (χ0v) is 14.0. The zero-order valence-electron chi connectivity index (χ0n) is 14.0. The van der Waals surface area contributed by atoms with Crippen molar-refractivity contribution in [2.24, 2.45) is 5.92 Å². The van der Waals surface area contributed by atoms with Gasteiger partial charge in [-0.05, 0) is 50.8 Å². The van der Waals surface area contributed by atoms with E-state index in [4.69, 9.17) is 9.47 Å². The number of hydrogen-bond donors (Lipinski definition) is 1. The third-order valence-electron chi connectivity index (χ3n) is 4.23. The van der Waals surface area contributed by atoms with Crippen molar-refractivity contribution in [3.05, 3.63) is 29.3 Å². The van der Waals surface area contributed by atoms with E-state index in [1.807, 2.05) is 39.0 Å². The maximum atomic E-state index is 10.2. The average molecular weight is 307 g/mol. The third-order valence-corrected chi connectivity index (χ3v) is 4.23. The number of rotatable bonds is 8. The van der Waals surface area contributed by atoms with Crippen LogP contribution < -0.4 is 4.74 Å². The van der Waals surface area contributed by atoms with Gasteiger partial charge in [-0.3, -0.25) is 0 Å². The fourth-order valence-corrected chi connectivity index (χ4v) is 3.06. The van der Waals surface area contributed by atoms with Crippen LogP contribution in [0.2, 0.25) is 0 Å². The average Bonchev–Trinajstić information content (AvgIpc) is 2.92. The molecule has 4 nitrogen and oxygen atoms in total. The Morgan fingerprint density at radius 3 is 2.73 bits per heavy atom. The van der Waals surface area contributed by atoms with E-state index in [1.54, 1.807) is 0 Å². The molecule has 1 fully saturated rings. The summed E-state index contributed by atoms with van der Waals surface area (Å²) in [7, 11) is 0. The molecular formula is C18H29NO3. The van der Waals surface area contributed by atoms with E-state index in [1.165, 1.54) is 0 Å². The maximum absolute atomic E-state index is 10.2. The number of aliphatic hydroxyl groups excluding tert-OH is 1. The first kappa shape index (κ1) is 17.3. The Morgan fingerprint density at radius 2 is 2.05 bits per heavy atom. The van der Waals surface area contributed by atoms with Crippen molar-refractivity contribution in [2.45, 2.75) is 33.3 Å². The molecule has 1 aliphatic heterocycles. The number of hydrogen-bond acceptors (Lipinski definition) is 4. The van der Waals surface area contributed by atoms with Crippen LogP contribution in [0.3, 0.4) is 0 Å². The number of β-amino-alcohol motifs (C(OH)–C–C–N with tert-alkyl or cyclic N) is 1. The molecule has 2 rings (SSSR count). The quantitative estimate of drug-likeness (QED) is 0.801. The first-order chi connectivity index (χ1) is 10.6. The highest BCUT2D eigenvalue weighted by molar-refractivity contribution is 5.39. The topological polar surface area (TPSA) is 41.9 Å². The lowest BCUT2D eigenvalue weighted by atomic mass is 10.1. The Bertz CT molecular complexity index is 443. The number of ether oxygens (including phenoxy) is 2. The fraction of sp³-hybridized carbons (Fsp3) is 0.667. The van der Waals surface area contributed by atoms with E-state index in [0.29, 0.717) is 19.1 Å². The van der Waals surface area contributed by atoms with Crippen LogP contribution in [0, 0.1) is 19.8 Å².